The summed E-state index contributed by atoms with van der Waals surface area (Å²) in [4.78, 5) is 11.6. The number of hydrazine groups is 1. The molecule has 0 aliphatic carbocycles. The summed E-state index contributed by atoms with van der Waals surface area (Å²) in [6.45, 7) is 0. The van der Waals surface area contributed by atoms with Gasteiger partial charge >= 0.3 is 6.18 Å². The summed E-state index contributed by atoms with van der Waals surface area (Å²) < 4.78 is 48.5. The lowest BCUT2D eigenvalue weighted by Gasteiger charge is -2.29. The van der Waals surface area contributed by atoms with Crippen molar-refractivity contribution in [3.63, 3.8) is 0 Å². The number of halogens is 3. The number of rotatable bonds is 2. The van der Waals surface area contributed by atoms with E-state index in [0.29, 0.717) is 0 Å². The Morgan fingerprint density at radius 1 is 1.16 bits per heavy atom. The van der Waals surface area contributed by atoms with Crippen LogP contribution in [0.4, 0.5) is 13.2 Å². The van der Waals surface area contributed by atoms with Crippen LogP contribution in [0.25, 0.3) is 0 Å². The molecule has 0 spiro atoms. The van der Waals surface area contributed by atoms with Gasteiger partial charge in [-0.25, -0.2) is 5.43 Å². The molecule has 0 fully saturated rings. The third-order valence-corrected chi connectivity index (χ3v) is 2.77. The summed E-state index contributed by atoms with van der Waals surface area (Å²) in [5.74, 6) is -0.331. The maximum absolute atomic E-state index is 12.9. The monoisotopic (exact) mass is 276 g/mol. The number of carbonyl (C=O) groups excluding carboxylic acids is 1. The summed E-state index contributed by atoms with van der Waals surface area (Å²) in [7, 11) is 2.65. The fourth-order valence-electron chi connectivity index (χ4n) is 1.87. The Kier molecular flexibility index (Phi) is 3.27. The Morgan fingerprint density at radius 3 is 2.26 bits per heavy atom. The maximum Gasteiger partial charge on any atom is 0.409 e. The molecule has 1 aliphatic rings. The van der Waals surface area contributed by atoms with Crippen molar-refractivity contribution < 1.29 is 27.4 Å². The highest BCUT2D eigenvalue weighted by molar-refractivity contribution is 5.97. The van der Waals surface area contributed by atoms with E-state index in [1.54, 1.807) is 0 Å². The molecule has 0 radical (unpaired) electrons. The molecule has 0 bridgehead atoms. The van der Waals surface area contributed by atoms with Crippen molar-refractivity contribution in [2.45, 2.75) is 12.2 Å². The Balaban J connectivity index is 2.60. The summed E-state index contributed by atoms with van der Waals surface area (Å²) in [5.41, 5.74) is 3.61. The Hall–Kier alpha value is -1.96. The van der Waals surface area contributed by atoms with Gasteiger partial charge in [0, 0.05) is 5.56 Å². The number of ether oxygens (including phenoxy) is 2. The molecule has 104 valence electrons. The molecule has 0 saturated heterocycles. The fourth-order valence-corrected chi connectivity index (χ4v) is 1.87. The molecule has 0 saturated carbocycles. The molecule has 8 heteroatoms. The molecule has 1 aromatic rings. The molecule has 19 heavy (non-hydrogen) atoms. The van der Waals surface area contributed by atoms with E-state index < -0.39 is 18.1 Å². The molecule has 5 nitrogen and oxygen atoms in total. The molecular formula is C11H11F3N2O3. The first kappa shape index (κ1) is 13.5. The number of hydrogen-bond donors (Lipinski definition) is 2. The van der Waals surface area contributed by atoms with Crippen LogP contribution in [0.1, 0.15) is 22.0 Å². The van der Waals surface area contributed by atoms with E-state index in [1.807, 2.05) is 10.9 Å². The van der Waals surface area contributed by atoms with Gasteiger partial charge in [0.25, 0.3) is 5.91 Å². The number of fused-ring (bicyclic) bond motifs is 1. The zero-order chi connectivity index (χ0) is 14.2. The van der Waals surface area contributed by atoms with Gasteiger partial charge in [-0.2, -0.15) is 13.2 Å². The van der Waals surface area contributed by atoms with E-state index in [0.717, 1.165) is 6.07 Å². The number of methoxy groups -OCH3 is 2. The van der Waals surface area contributed by atoms with Gasteiger partial charge in [0.1, 0.15) is 6.04 Å². The highest BCUT2D eigenvalue weighted by Crippen LogP contribution is 2.40. The van der Waals surface area contributed by atoms with Gasteiger partial charge < -0.3 is 9.47 Å². The first-order valence-electron chi connectivity index (χ1n) is 5.27. The second-order valence-corrected chi connectivity index (χ2v) is 3.87. The van der Waals surface area contributed by atoms with Crippen molar-refractivity contribution in [2.24, 2.45) is 0 Å². The topological polar surface area (TPSA) is 59.6 Å². The predicted molar refractivity (Wildman–Crippen MR) is 58.9 cm³/mol. The van der Waals surface area contributed by atoms with E-state index in [9.17, 15) is 18.0 Å². The minimum atomic E-state index is -4.54. The number of amides is 1. The van der Waals surface area contributed by atoms with Crippen molar-refractivity contribution in [2.75, 3.05) is 14.2 Å². The van der Waals surface area contributed by atoms with E-state index >= 15 is 0 Å². The van der Waals surface area contributed by atoms with Crippen LogP contribution in [-0.2, 0) is 0 Å². The second-order valence-electron chi connectivity index (χ2n) is 3.87. The van der Waals surface area contributed by atoms with Crippen molar-refractivity contribution in [1.82, 2.24) is 10.9 Å². The van der Waals surface area contributed by atoms with Crippen molar-refractivity contribution >= 4 is 5.91 Å². The largest absolute Gasteiger partial charge is 0.493 e. The third kappa shape index (κ3) is 2.30. The van der Waals surface area contributed by atoms with Gasteiger partial charge in [-0.1, -0.05) is 0 Å². The first-order valence-corrected chi connectivity index (χ1v) is 5.27. The molecule has 1 unspecified atom stereocenters. The summed E-state index contributed by atoms with van der Waals surface area (Å²) in [6, 6.07) is 0.390. The first-order chi connectivity index (χ1) is 8.88. The molecule has 1 aromatic carbocycles. The van der Waals surface area contributed by atoms with Crippen molar-refractivity contribution in [3.8, 4) is 11.5 Å². The quantitative estimate of drug-likeness (QED) is 0.860. The van der Waals surface area contributed by atoms with Crippen LogP contribution in [-0.4, -0.2) is 26.3 Å². The van der Waals surface area contributed by atoms with Gasteiger partial charge in [-0.05, 0) is 17.7 Å². The SMILES string of the molecule is COc1cc2c(cc1OC)C(C(F)(F)F)NNC2=O. The van der Waals surface area contributed by atoms with E-state index in [4.69, 9.17) is 9.47 Å². The van der Waals surface area contributed by atoms with E-state index in [2.05, 4.69) is 0 Å². The minimum Gasteiger partial charge on any atom is -0.493 e. The molecule has 0 aromatic heterocycles. The lowest BCUT2D eigenvalue weighted by Crippen LogP contribution is -2.50. The van der Waals surface area contributed by atoms with Crippen molar-refractivity contribution in [1.29, 1.82) is 0 Å². The number of benzene rings is 1. The average Bonchev–Trinajstić information content (AvgIpc) is 2.36. The number of hydrogen-bond acceptors (Lipinski definition) is 4. The Labute approximate surface area is 106 Å². The lowest BCUT2D eigenvalue weighted by atomic mass is 9.97. The van der Waals surface area contributed by atoms with Crippen LogP contribution in [0.5, 0.6) is 11.5 Å². The molecule has 1 heterocycles. The Morgan fingerprint density at radius 2 is 1.74 bits per heavy atom. The fraction of sp³-hybridized carbons (Fsp3) is 0.364. The average molecular weight is 276 g/mol. The van der Waals surface area contributed by atoms with Gasteiger partial charge in [0.2, 0.25) is 0 Å². The van der Waals surface area contributed by atoms with Crippen LogP contribution in [0, 0.1) is 0 Å². The minimum absolute atomic E-state index is 0.0984. The van der Waals surface area contributed by atoms with Crippen LogP contribution in [0.15, 0.2) is 12.1 Å². The van der Waals surface area contributed by atoms with E-state index in [-0.39, 0.29) is 22.6 Å². The second kappa shape index (κ2) is 4.61. The molecule has 2 rings (SSSR count). The number of nitrogens with one attached hydrogen (secondary N) is 2. The summed E-state index contributed by atoms with van der Waals surface area (Å²) >= 11 is 0. The molecule has 1 atom stereocenters. The Bertz CT molecular complexity index is 517. The van der Waals surface area contributed by atoms with Gasteiger partial charge in [-0.15, -0.1) is 0 Å². The van der Waals surface area contributed by atoms with Crippen LogP contribution in [0.3, 0.4) is 0 Å². The summed E-state index contributed by atoms with van der Waals surface area (Å²) in [5, 5.41) is 0. The summed E-state index contributed by atoms with van der Waals surface area (Å²) in [6.07, 6.45) is -4.54. The normalized spacial score (nSPS) is 18.6. The molecular weight excluding hydrogens is 265 g/mol. The molecule has 1 aliphatic heterocycles. The van der Waals surface area contributed by atoms with Gasteiger partial charge in [0.15, 0.2) is 11.5 Å². The third-order valence-electron chi connectivity index (χ3n) is 2.77. The number of alkyl halides is 3. The number of carbonyl (C=O) groups is 1. The van der Waals surface area contributed by atoms with Crippen LogP contribution < -0.4 is 20.3 Å². The molecule has 1 amide bonds. The van der Waals surface area contributed by atoms with Crippen LogP contribution >= 0.6 is 0 Å². The maximum atomic E-state index is 12.9. The lowest BCUT2D eigenvalue weighted by molar-refractivity contribution is -0.160. The highest BCUT2D eigenvalue weighted by atomic mass is 19.4. The van der Waals surface area contributed by atoms with Gasteiger partial charge in [-0.3, -0.25) is 10.2 Å². The van der Waals surface area contributed by atoms with Gasteiger partial charge in [0.05, 0.1) is 14.2 Å². The van der Waals surface area contributed by atoms with Crippen molar-refractivity contribution in [3.05, 3.63) is 23.3 Å². The highest BCUT2D eigenvalue weighted by Gasteiger charge is 2.45. The van der Waals surface area contributed by atoms with Crippen LogP contribution in [0.2, 0.25) is 0 Å². The zero-order valence-electron chi connectivity index (χ0n) is 10.1. The smallest absolute Gasteiger partial charge is 0.409 e. The standard InChI is InChI=1S/C11H11F3N2O3/c1-18-7-3-5-6(4-8(7)19-2)10(17)16-15-9(5)11(12,13)14/h3-4,9,15H,1-2H3,(H,16,17). The molecule has 2 N–H and O–H groups in total. The predicted octanol–water partition coefficient (Wildman–Crippen LogP) is 1.56. The van der Waals surface area contributed by atoms with E-state index in [1.165, 1.54) is 20.3 Å². The zero-order valence-corrected chi connectivity index (χ0v) is 10.1.